The van der Waals surface area contributed by atoms with Crippen molar-refractivity contribution in [3.05, 3.63) is 27.3 Å². The SMILES string of the molecule is COc1ccc(I=O)c(C(=O)NC(C)=O)c1. The predicted octanol–water partition coefficient (Wildman–Crippen LogP) is 1.46. The molecule has 0 fully saturated rings. The average Bonchev–Trinajstić information content (AvgIpc) is 2.27. The molecular formula is C10H10INO4. The van der Waals surface area contributed by atoms with Crippen LogP contribution in [0.25, 0.3) is 0 Å². The van der Waals surface area contributed by atoms with Crippen LogP contribution in [0, 0.1) is 3.57 Å². The van der Waals surface area contributed by atoms with E-state index in [-0.39, 0.29) is 5.56 Å². The van der Waals surface area contributed by atoms with E-state index in [1.54, 1.807) is 12.1 Å². The predicted molar refractivity (Wildman–Crippen MR) is 64.5 cm³/mol. The Morgan fingerprint density at radius 1 is 1.38 bits per heavy atom. The molecule has 0 aliphatic heterocycles. The maximum atomic E-state index is 11.6. The van der Waals surface area contributed by atoms with E-state index < -0.39 is 33.0 Å². The summed E-state index contributed by atoms with van der Waals surface area (Å²) >= 11 is -1.47. The Hall–Kier alpha value is -1.31. The quantitative estimate of drug-likeness (QED) is 0.849. The summed E-state index contributed by atoms with van der Waals surface area (Å²) in [6.07, 6.45) is 0. The molecule has 0 spiro atoms. The van der Waals surface area contributed by atoms with Gasteiger partial charge in [0.15, 0.2) is 21.2 Å². The van der Waals surface area contributed by atoms with E-state index in [0.29, 0.717) is 9.32 Å². The lowest BCUT2D eigenvalue weighted by Gasteiger charge is -2.06. The minimum absolute atomic E-state index is 0.220. The van der Waals surface area contributed by atoms with E-state index in [2.05, 4.69) is 5.32 Å². The third-order valence-corrected chi connectivity index (χ3v) is 3.21. The van der Waals surface area contributed by atoms with Gasteiger partial charge in [-0.2, -0.15) is 0 Å². The van der Waals surface area contributed by atoms with Gasteiger partial charge in [0.2, 0.25) is 5.91 Å². The fourth-order valence-corrected chi connectivity index (χ4v) is 2.06. The topological polar surface area (TPSA) is 72.5 Å². The van der Waals surface area contributed by atoms with Crippen LogP contribution in [0.2, 0.25) is 0 Å². The number of benzene rings is 1. The van der Waals surface area contributed by atoms with Crippen LogP contribution >= 0.6 is 21.2 Å². The number of halogens is 1. The summed E-state index contributed by atoms with van der Waals surface area (Å²) in [6.45, 7) is 1.24. The Labute approximate surface area is 103 Å². The van der Waals surface area contributed by atoms with E-state index in [1.807, 2.05) is 0 Å². The van der Waals surface area contributed by atoms with Crippen molar-refractivity contribution in [1.82, 2.24) is 5.32 Å². The Kier molecular flexibility index (Phi) is 4.53. The number of hydrogen-bond acceptors (Lipinski definition) is 4. The Morgan fingerprint density at radius 2 is 2.06 bits per heavy atom. The number of rotatable bonds is 3. The number of hydrogen-bond donors (Lipinski definition) is 1. The number of carbonyl (C=O) groups is 2. The van der Waals surface area contributed by atoms with Crippen LogP contribution in [0.4, 0.5) is 0 Å². The highest BCUT2D eigenvalue weighted by Crippen LogP contribution is 2.21. The maximum absolute atomic E-state index is 11.6. The molecule has 16 heavy (non-hydrogen) atoms. The number of amides is 2. The van der Waals surface area contributed by atoms with E-state index in [4.69, 9.17) is 4.74 Å². The Bertz CT molecular complexity index is 444. The largest absolute Gasteiger partial charge is 0.497 e. The molecule has 0 heterocycles. The molecular weight excluding hydrogens is 325 g/mol. The lowest BCUT2D eigenvalue weighted by Crippen LogP contribution is -2.28. The first-order valence-corrected chi connectivity index (χ1v) is 6.31. The van der Waals surface area contributed by atoms with Gasteiger partial charge in [-0.3, -0.25) is 18.0 Å². The van der Waals surface area contributed by atoms with Gasteiger partial charge in [0.25, 0.3) is 5.91 Å². The lowest BCUT2D eigenvalue weighted by molar-refractivity contribution is -0.118. The van der Waals surface area contributed by atoms with E-state index in [0.717, 1.165) is 0 Å². The van der Waals surface area contributed by atoms with E-state index >= 15 is 0 Å². The lowest BCUT2D eigenvalue weighted by atomic mass is 10.2. The summed E-state index contributed by atoms with van der Waals surface area (Å²) in [7, 11) is 1.47. The molecule has 2 amide bonds. The zero-order valence-corrected chi connectivity index (χ0v) is 10.9. The van der Waals surface area contributed by atoms with Gasteiger partial charge >= 0.3 is 0 Å². The summed E-state index contributed by atoms with van der Waals surface area (Å²) in [5, 5.41) is 2.13. The molecule has 0 unspecified atom stereocenters. The molecule has 0 aliphatic rings. The summed E-state index contributed by atoms with van der Waals surface area (Å²) in [5.74, 6) is -0.533. The van der Waals surface area contributed by atoms with Gasteiger partial charge < -0.3 is 4.74 Å². The standard InChI is InChI=1S/C10H10INO4/c1-6(13)12-10(14)8-5-7(16-2)3-4-9(8)11-15/h3-5H,1-2H3,(H,12,13,14). The molecule has 0 radical (unpaired) electrons. The molecule has 0 aromatic heterocycles. The molecule has 1 aromatic rings. The molecule has 0 saturated heterocycles. The van der Waals surface area contributed by atoms with Crippen molar-refractivity contribution >= 4 is 33.0 Å². The summed E-state index contributed by atoms with van der Waals surface area (Å²) in [5.41, 5.74) is 0.220. The molecule has 86 valence electrons. The smallest absolute Gasteiger partial charge is 0.259 e. The molecule has 0 atom stereocenters. The highest BCUT2D eigenvalue weighted by atomic mass is 127. The van der Waals surface area contributed by atoms with Crippen molar-refractivity contribution < 1.29 is 17.4 Å². The Morgan fingerprint density at radius 3 is 2.56 bits per heavy atom. The van der Waals surface area contributed by atoms with Crippen molar-refractivity contribution in [3.8, 4) is 5.75 Å². The Balaban J connectivity index is 3.12. The van der Waals surface area contributed by atoms with Crippen molar-refractivity contribution in [2.24, 2.45) is 0 Å². The van der Waals surface area contributed by atoms with Crippen molar-refractivity contribution in [2.45, 2.75) is 6.92 Å². The van der Waals surface area contributed by atoms with Gasteiger partial charge in [-0.1, -0.05) is 0 Å². The van der Waals surface area contributed by atoms with Crippen LogP contribution in [0.5, 0.6) is 5.75 Å². The zero-order chi connectivity index (χ0) is 12.1. The van der Waals surface area contributed by atoms with Gasteiger partial charge in [-0.15, -0.1) is 0 Å². The van der Waals surface area contributed by atoms with Crippen molar-refractivity contribution in [2.75, 3.05) is 7.11 Å². The molecule has 6 heteroatoms. The molecule has 1 rings (SSSR count). The third-order valence-electron chi connectivity index (χ3n) is 1.79. The highest BCUT2D eigenvalue weighted by molar-refractivity contribution is 14.1. The van der Waals surface area contributed by atoms with E-state index in [9.17, 15) is 12.7 Å². The summed E-state index contributed by atoms with van der Waals surface area (Å²) < 4.78 is 16.3. The monoisotopic (exact) mass is 335 g/mol. The van der Waals surface area contributed by atoms with Crippen LogP contribution in [0.1, 0.15) is 17.3 Å². The first-order valence-electron chi connectivity index (χ1n) is 4.35. The molecule has 1 aromatic carbocycles. The molecule has 0 saturated carbocycles. The molecule has 1 N–H and O–H groups in total. The number of carbonyl (C=O) groups excluding carboxylic acids is 2. The van der Waals surface area contributed by atoms with Crippen molar-refractivity contribution in [1.29, 1.82) is 0 Å². The first-order chi connectivity index (χ1) is 7.58. The number of methoxy groups -OCH3 is 1. The molecule has 5 nitrogen and oxygen atoms in total. The van der Waals surface area contributed by atoms with E-state index in [1.165, 1.54) is 20.1 Å². The number of ether oxygens (including phenoxy) is 1. The molecule has 0 bridgehead atoms. The van der Waals surface area contributed by atoms with Gasteiger partial charge in [0, 0.05) is 6.92 Å². The second-order valence-electron chi connectivity index (χ2n) is 2.93. The minimum Gasteiger partial charge on any atom is -0.497 e. The van der Waals surface area contributed by atoms with Gasteiger partial charge in [-0.25, -0.2) is 0 Å². The fourth-order valence-electron chi connectivity index (χ4n) is 1.10. The zero-order valence-electron chi connectivity index (χ0n) is 8.74. The number of nitrogens with one attached hydrogen (secondary N) is 1. The van der Waals surface area contributed by atoms with Crippen LogP contribution in [0.15, 0.2) is 18.2 Å². The molecule has 0 aliphatic carbocycles. The second-order valence-corrected chi connectivity index (χ2v) is 4.54. The van der Waals surface area contributed by atoms with Crippen LogP contribution in [-0.2, 0) is 7.86 Å². The highest BCUT2D eigenvalue weighted by Gasteiger charge is 2.14. The average molecular weight is 335 g/mol. The van der Waals surface area contributed by atoms with Crippen LogP contribution in [-0.4, -0.2) is 18.9 Å². The van der Waals surface area contributed by atoms with Gasteiger partial charge in [0.1, 0.15) is 5.75 Å². The number of imide groups is 1. The van der Waals surface area contributed by atoms with Crippen molar-refractivity contribution in [3.63, 3.8) is 0 Å². The summed E-state index contributed by atoms with van der Waals surface area (Å²) in [6, 6.07) is 4.65. The third kappa shape index (κ3) is 3.09. The van der Waals surface area contributed by atoms with Crippen LogP contribution < -0.4 is 10.1 Å². The summed E-state index contributed by atoms with van der Waals surface area (Å²) in [4.78, 5) is 22.3. The van der Waals surface area contributed by atoms with Gasteiger partial charge in [-0.05, 0) is 18.2 Å². The normalized spacial score (nSPS) is 9.62. The van der Waals surface area contributed by atoms with Gasteiger partial charge in [0.05, 0.1) is 16.2 Å². The first kappa shape index (κ1) is 12.8. The second kappa shape index (κ2) is 5.69. The minimum atomic E-state index is -1.47. The fraction of sp³-hybridized carbons (Fsp3) is 0.200. The maximum Gasteiger partial charge on any atom is 0.259 e. The van der Waals surface area contributed by atoms with Crippen LogP contribution in [0.3, 0.4) is 0 Å².